The fraction of sp³-hybridized carbons (Fsp3) is 0.763. The number of aromatic nitrogens is 1. The zero-order chi connectivity index (χ0) is 33.1. The molecule has 0 radical (unpaired) electrons. The molecule has 6 nitrogen and oxygen atoms in total. The highest BCUT2D eigenvalue weighted by Gasteiger charge is 2.25. The molecule has 1 aromatic carbocycles. The highest BCUT2D eigenvalue weighted by Crippen LogP contribution is 2.25. The van der Waals surface area contributed by atoms with Gasteiger partial charge in [-0.1, -0.05) is 139 Å². The minimum atomic E-state index is -4.27. The molecule has 2 atom stereocenters. The lowest BCUT2D eigenvalue weighted by Crippen LogP contribution is -2.29. The van der Waals surface area contributed by atoms with E-state index in [-0.39, 0.29) is 4.90 Å². The quantitative estimate of drug-likeness (QED) is 0.0562. The molecule has 0 saturated carbocycles. The Hall–Kier alpha value is -1.32. The molecule has 1 aromatic heterocycles. The van der Waals surface area contributed by atoms with E-state index in [0.717, 1.165) is 31.3 Å². The molecule has 0 spiro atoms. The third-order valence-electron chi connectivity index (χ3n) is 8.98. The predicted octanol–water partition coefficient (Wildman–Crippen LogP) is 10.2. The Labute approximate surface area is 286 Å². The summed E-state index contributed by atoms with van der Waals surface area (Å²) in [5.41, 5.74) is 3.13. The average molecular weight is 680 g/mol. The van der Waals surface area contributed by atoms with E-state index >= 15 is 0 Å². The molecule has 0 aliphatic carbocycles. The number of thiazole rings is 1. The Morgan fingerprint density at radius 2 is 1.39 bits per heavy atom. The van der Waals surface area contributed by atoms with Crippen LogP contribution < -0.4 is 4.57 Å². The lowest BCUT2D eigenvalue weighted by molar-refractivity contribution is -0.692. The Bertz CT molecular complexity index is 1060. The number of rotatable bonds is 26. The Morgan fingerprint density at radius 3 is 1.96 bits per heavy atom. The summed E-state index contributed by atoms with van der Waals surface area (Å²) in [7, 11) is -4.27. The van der Waals surface area contributed by atoms with Crippen molar-refractivity contribution in [1.82, 2.24) is 0 Å². The van der Waals surface area contributed by atoms with Crippen molar-refractivity contribution in [2.45, 2.75) is 166 Å². The predicted molar refractivity (Wildman–Crippen MR) is 190 cm³/mol. The van der Waals surface area contributed by atoms with E-state index in [2.05, 4.69) is 28.6 Å². The first kappa shape index (κ1) is 40.9. The molecule has 1 fully saturated rings. The lowest BCUT2D eigenvalue weighted by atomic mass is 9.97. The van der Waals surface area contributed by atoms with Crippen LogP contribution in [0.1, 0.15) is 147 Å². The van der Waals surface area contributed by atoms with E-state index in [1.807, 2.05) is 6.92 Å². The van der Waals surface area contributed by atoms with E-state index in [1.54, 1.807) is 23.5 Å². The molecule has 264 valence electrons. The van der Waals surface area contributed by atoms with Gasteiger partial charge in [0.05, 0.1) is 23.0 Å². The van der Waals surface area contributed by atoms with E-state index < -0.39 is 10.1 Å². The maximum atomic E-state index is 10.4. The van der Waals surface area contributed by atoms with Crippen LogP contribution in [0.5, 0.6) is 0 Å². The second kappa shape index (κ2) is 26.6. The van der Waals surface area contributed by atoms with Crippen LogP contribution in [0.4, 0.5) is 0 Å². The number of nitrogens with zero attached hydrogens (tertiary/aromatic N) is 1. The van der Waals surface area contributed by atoms with Crippen LogP contribution in [-0.2, 0) is 26.1 Å². The summed E-state index contributed by atoms with van der Waals surface area (Å²) in [5, 5.41) is 2.15. The third-order valence-corrected chi connectivity index (χ3v) is 10.5. The van der Waals surface area contributed by atoms with Crippen molar-refractivity contribution in [3.05, 3.63) is 46.9 Å². The molecule has 3 rings (SSSR count). The van der Waals surface area contributed by atoms with Gasteiger partial charge in [0.25, 0.3) is 0 Å². The summed E-state index contributed by atoms with van der Waals surface area (Å²) < 4.78 is 45.4. The van der Waals surface area contributed by atoms with Crippen molar-refractivity contribution in [2.75, 3.05) is 19.8 Å². The van der Waals surface area contributed by atoms with Gasteiger partial charge in [0.1, 0.15) is 16.7 Å². The van der Waals surface area contributed by atoms with Crippen molar-refractivity contribution in [3.8, 4) is 0 Å². The van der Waals surface area contributed by atoms with Crippen molar-refractivity contribution in [2.24, 2.45) is 5.92 Å². The van der Waals surface area contributed by atoms with Gasteiger partial charge in [-0.2, -0.15) is 4.57 Å². The first-order valence-electron chi connectivity index (χ1n) is 18.5. The molecule has 1 aliphatic rings. The maximum absolute atomic E-state index is 10.4. The highest BCUT2D eigenvalue weighted by molar-refractivity contribution is 7.85. The van der Waals surface area contributed by atoms with E-state index in [9.17, 15) is 13.0 Å². The smallest absolute Gasteiger partial charge is 0.224 e. The highest BCUT2D eigenvalue weighted by atomic mass is 32.2. The maximum Gasteiger partial charge on any atom is 0.224 e. The minimum Gasteiger partial charge on any atom is -0.744 e. The zero-order valence-electron chi connectivity index (χ0n) is 29.2. The number of hydrogen-bond acceptors (Lipinski definition) is 6. The summed E-state index contributed by atoms with van der Waals surface area (Å²) in [5.74, 6) is 0.780. The molecule has 1 aliphatic heterocycles. The van der Waals surface area contributed by atoms with Gasteiger partial charge in [-0.15, -0.1) is 0 Å². The van der Waals surface area contributed by atoms with Gasteiger partial charge in [-0.05, 0) is 50.7 Å². The van der Waals surface area contributed by atoms with Gasteiger partial charge >= 0.3 is 0 Å². The second-order valence-corrected chi connectivity index (χ2v) is 15.5. The van der Waals surface area contributed by atoms with Gasteiger partial charge in [0.15, 0.2) is 6.20 Å². The summed E-state index contributed by atoms with van der Waals surface area (Å²) in [4.78, 5) is -0.178. The Balaban J connectivity index is 0.000000562. The molecule has 2 aromatic rings. The molecule has 0 N–H and O–H groups in total. The topological polar surface area (TPSA) is 79.5 Å². The molecule has 46 heavy (non-hydrogen) atoms. The number of ether oxygens (including phenoxy) is 2. The van der Waals surface area contributed by atoms with Gasteiger partial charge in [0.2, 0.25) is 5.51 Å². The number of aryl methyl sites for hydroxylation is 2. The third kappa shape index (κ3) is 21.5. The summed E-state index contributed by atoms with van der Waals surface area (Å²) in [6.45, 7) is 7.97. The van der Waals surface area contributed by atoms with Gasteiger partial charge in [-0.3, -0.25) is 0 Å². The van der Waals surface area contributed by atoms with Crippen LogP contribution in [0.25, 0.3) is 0 Å². The summed E-state index contributed by atoms with van der Waals surface area (Å²) in [6, 6.07) is 5.78. The molecule has 0 unspecified atom stereocenters. The minimum absolute atomic E-state index is 0.178. The van der Waals surface area contributed by atoms with Crippen LogP contribution in [0.3, 0.4) is 0 Å². The SMILES string of the molecule is CCCCCCCCCCCCCCCC[C@H]1CO[C@H](COCCCCCCC[n+]2ccsc2)C1.Cc1ccc(S(=O)(=O)[O-])cc1. The Morgan fingerprint density at radius 1 is 0.826 bits per heavy atom. The number of hydrogen-bond donors (Lipinski definition) is 0. The summed E-state index contributed by atoms with van der Waals surface area (Å²) >= 11 is 1.77. The van der Waals surface area contributed by atoms with E-state index in [4.69, 9.17) is 9.47 Å². The largest absolute Gasteiger partial charge is 0.744 e. The van der Waals surface area contributed by atoms with E-state index in [0.29, 0.717) is 6.10 Å². The lowest BCUT2D eigenvalue weighted by Gasteiger charge is -2.10. The fourth-order valence-corrected chi connectivity index (χ4v) is 7.16. The van der Waals surface area contributed by atoms with Crippen LogP contribution in [0.2, 0.25) is 0 Å². The van der Waals surface area contributed by atoms with Crippen LogP contribution in [-0.4, -0.2) is 38.9 Å². The normalized spacial score (nSPS) is 16.4. The van der Waals surface area contributed by atoms with Crippen molar-refractivity contribution in [1.29, 1.82) is 0 Å². The van der Waals surface area contributed by atoms with Crippen molar-refractivity contribution >= 4 is 21.5 Å². The van der Waals surface area contributed by atoms with Gasteiger partial charge in [-0.25, -0.2) is 8.42 Å². The molecule has 0 bridgehead atoms. The number of unbranched alkanes of at least 4 members (excludes halogenated alkanes) is 17. The zero-order valence-corrected chi connectivity index (χ0v) is 30.8. The first-order valence-corrected chi connectivity index (χ1v) is 20.9. The molecule has 0 amide bonds. The average Bonchev–Trinajstić information content (AvgIpc) is 3.73. The standard InChI is InChI=1S/C31H58NO2S.C7H8O3S/c1-2-3-4-5-6-7-8-9-10-11-12-13-15-18-21-30-26-31(34-27-30)28-33-24-20-17-14-16-19-22-32-23-25-35-29-32;1-6-2-4-7(5-3-6)11(8,9)10/h23,25,29-31H,2-22,24,26-28H2,1H3;2-5H,1H3,(H,8,9,10)/q+1;/p-1/t30-,31+;/m1./s1. The first-order chi connectivity index (χ1) is 22.4. The van der Waals surface area contributed by atoms with Gasteiger partial charge < -0.3 is 14.0 Å². The molecular formula is C38H65NO5S2. The van der Waals surface area contributed by atoms with Crippen LogP contribution in [0.15, 0.2) is 46.2 Å². The fourth-order valence-electron chi connectivity index (χ4n) is 6.06. The van der Waals surface area contributed by atoms with E-state index in [1.165, 1.54) is 154 Å². The van der Waals surface area contributed by atoms with Crippen molar-refractivity contribution in [3.63, 3.8) is 0 Å². The van der Waals surface area contributed by atoms with Crippen LogP contribution >= 0.6 is 11.3 Å². The molecule has 2 heterocycles. The van der Waals surface area contributed by atoms with Crippen LogP contribution in [0, 0.1) is 12.8 Å². The number of benzene rings is 1. The van der Waals surface area contributed by atoms with Crippen molar-refractivity contribution < 1.29 is 27.0 Å². The second-order valence-electron chi connectivity index (χ2n) is 13.3. The monoisotopic (exact) mass is 679 g/mol. The molecule has 8 heteroatoms. The van der Waals surface area contributed by atoms with Gasteiger partial charge in [0, 0.05) is 19.6 Å². The molecule has 1 saturated heterocycles. The summed E-state index contributed by atoms with van der Waals surface area (Å²) in [6.07, 6.45) is 31.7. The molecular weight excluding hydrogens is 615 g/mol. The Kier molecular flexibility index (Phi) is 23.6.